The highest BCUT2D eigenvalue weighted by Crippen LogP contribution is 2.24. The minimum Gasteiger partial charge on any atom is -0.489 e. The number of nitrogens with one attached hydrogen (secondary N) is 2. The van der Waals surface area contributed by atoms with Crippen LogP contribution in [0.1, 0.15) is 25.8 Å². The van der Waals surface area contributed by atoms with Crippen molar-refractivity contribution in [1.82, 2.24) is 0 Å². The van der Waals surface area contributed by atoms with Crippen molar-refractivity contribution in [1.29, 1.82) is 5.26 Å². The summed E-state index contributed by atoms with van der Waals surface area (Å²) >= 11 is 0. The van der Waals surface area contributed by atoms with Crippen molar-refractivity contribution in [2.75, 3.05) is 17.2 Å². The van der Waals surface area contributed by atoms with Crippen molar-refractivity contribution >= 4 is 17.3 Å². The lowest BCUT2D eigenvalue weighted by Crippen LogP contribution is -2.16. The van der Waals surface area contributed by atoms with Gasteiger partial charge >= 0.3 is 0 Å². The van der Waals surface area contributed by atoms with Gasteiger partial charge in [0.25, 0.3) is 0 Å². The fourth-order valence-electron chi connectivity index (χ4n) is 2.13. The van der Waals surface area contributed by atoms with Gasteiger partial charge in [-0.2, -0.15) is 5.26 Å². The van der Waals surface area contributed by atoms with Crippen LogP contribution in [0.2, 0.25) is 0 Å². The molecule has 0 fully saturated rings. The third-order valence-electron chi connectivity index (χ3n) is 3.21. The van der Waals surface area contributed by atoms with E-state index in [0.717, 1.165) is 11.4 Å². The van der Waals surface area contributed by atoms with E-state index in [-0.39, 0.29) is 12.0 Å². The molecule has 0 bridgehead atoms. The summed E-state index contributed by atoms with van der Waals surface area (Å²) in [5, 5.41) is 14.8. The molecule has 0 aromatic heterocycles. The second-order valence-electron chi connectivity index (χ2n) is 5.58. The first-order chi connectivity index (χ1) is 11.6. The van der Waals surface area contributed by atoms with Gasteiger partial charge in [-0.3, -0.25) is 4.79 Å². The van der Waals surface area contributed by atoms with Crippen LogP contribution in [-0.4, -0.2) is 18.6 Å². The maximum absolute atomic E-state index is 12.0. The summed E-state index contributed by atoms with van der Waals surface area (Å²) in [5.41, 5.74) is 2.12. The molecule has 124 valence electrons. The van der Waals surface area contributed by atoms with E-state index < -0.39 is 0 Å². The lowest BCUT2D eigenvalue weighted by atomic mass is 10.2. The molecule has 0 aliphatic carbocycles. The maximum Gasteiger partial charge on any atom is 0.226 e. The van der Waals surface area contributed by atoms with Crippen molar-refractivity contribution in [3.8, 4) is 11.8 Å². The van der Waals surface area contributed by atoms with Gasteiger partial charge in [0, 0.05) is 18.7 Å². The van der Waals surface area contributed by atoms with Crippen LogP contribution in [0.3, 0.4) is 0 Å². The molecule has 0 aliphatic rings. The van der Waals surface area contributed by atoms with Gasteiger partial charge < -0.3 is 15.4 Å². The van der Waals surface area contributed by atoms with Gasteiger partial charge in [-0.15, -0.1) is 0 Å². The SMILES string of the molecule is CC(C)Oc1ccccc1NCCC(=O)Nc1ccc(C#N)cc1. The highest BCUT2D eigenvalue weighted by Gasteiger charge is 2.06. The summed E-state index contributed by atoms with van der Waals surface area (Å²) in [6.45, 7) is 4.45. The van der Waals surface area contributed by atoms with Crippen LogP contribution >= 0.6 is 0 Å². The Labute approximate surface area is 142 Å². The average molecular weight is 323 g/mol. The Balaban J connectivity index is 1.83. The molecular weight excluding hydrogens is 302 g/mol. The number of carbonyl (C=O) groups is 1. The lowest BCUT2D eigenvalue weighted by Gasteiger charge is -2.15. The van der Waals surface area contributed by atoms with Crippen LogP contribution in [0.5, 0.6) is 5.75 Å². The molecule has 0 radical (unpaired) electrons. The monoisotopic (exact) mass is 323 g/mol. The molecule has 0 heterocycles. The number of anilines is 2. The number of nitrogens with zero attached hydrogens (tertiary/aromatic N) is 1. The van der Waals surface area contributed by atoms with E-state index >= 15 is 0 Å². The molecule has 5 nitrogen and oxygen atoms in total. The molecule has 2 aromatic rings. The third kappa shape index (κ3) is 5.33. The van der Waals surface area contributed by atoms with E-state index in [0.29, 0.717) is 24.2 Å². The summed E-state index contributed by atoms with van der Waals surface area (Å²) in [6, 6.07) is 16.5. The van der Waals surface area contributed by atoms with E-state index in [1.165, 1.54) is 0 Å². The zero-order valence-electron chi connectivity index (χ0n) is 13.9. The van der Waals surface area contributed by atoms with Crippen molar-refractivity contribution in [3.05, 3.63) is 54.1 Å². The van der Waals surface area contributed by atoms with E-state index in [4.69, 9.17) is 10.00 Å². The summed E-state index contributed by atoms with van der Waals surface area (Å²) in [6.07, 6.45) is 0.420. The number of hydrogen-bond donors (Lipinski definition) is 2. The molecule has 0 spiro atoms. The number of nitriles is 1. The first-order valence-corrected chi connectivity index (χ1v) is 7.88. The van der Waals surface area contributed by atoms with E-state index in [1.54, 1.807) is 24.3 Å². The summed E-state index contributed by atoms with van der Waals surface area (Å²) in [4.78, 5) is 12.0. The number of benzene rings is 2. The van der Waals surface area contributed by atoms with Crippen LogP contribution in [-0.2, 0) is 4.79 Å². The van der Waals surface area contributed by atoms with E-state index in [1.807, 2.05) is 44.2 Å². The van der Waals surface area contributed by atoms with E-state index in [9.17, 15) is 4.79 Å². The number of rotatable bonds is 7. The van der Waals surface area contributed by atoms with Crippen molar-refractivity contribution in [3.63, 3.8) is 0 Å². The van der Waals surface area contributed by atoms with Crippen LogP contribution in [0, 0.1) is 11.3 Å². The molecule has 24 heavy (non-hydrogen) atoms. The minimum absolute atomic E-state index is 0.0885. The Morgan fingerprint density at radius 1 is 1.17 bits per heavy atom. The first kappa shape index (κ1) is 17.4. The number of carbonyl (C=O) groups excluding carboxylic acids is 1. The molecule has 2 aromatic carbocycles. The molecular formula is C19H21N3O2. The Morgan fingerprint density at radius 2 is 1.88 bits per heavy atom. The van der Waals surface area contributed by atoms with Crippen LogP contribution in [0.4, 0.5) is 11.4 Å². The van der Waals surface area contributed by atoms with Crippen LogP contribution < -0.4 is 15.4 Å². The summed E-state index contributed by atoms with van der Waals surface area (Å²) in [5.74, 6) is 0.689. The molecule has 1 amide bonds. The number of hydrogen-bond acceptors (Lipinski definition) is 4. The van der Waals surface area contributed by atoms with E-state index in [2.05, 4.69) is 10.6 Å². The zero-order valence-corrected chi connectivity index (χ0v) is 13.9. The first-order valence-electron chi connectivity index (χ1n) is 7.88. The fraction of sp³-hybridized carbons (Fsp3) is 0.263. The Hall–Kier alpha value is -3.00. The number of amides is 1. The Morgan fingerprint density at radius 3 is 2.54 bits per heavy atom. The average Bonchev–Trinajstić information content (AvgIpc) is 2.56. The topological polar surface area (TPSA) is 74.2 Å². The van der Waals surface area contributed by atoms with Gasteiger partial charge in [0.15, 0.2) is 0 Å². The third-order valence-corrected chi connectivity index (χ3v) is 3.21. The molecule has 0 atom stereocenters. The Kier molecular flexibility index (Phi) is 6.21. The van der Waals surface area contributed by atoms with Gasteiger partial charge in [-0.05, 0) is 50.2 Å². The quantitative estimate of drug-likeness (QED) is 0.813. The summed E-state index contributed by atoms with van der Waals surface area (Å²) < 4.78 is 5.73. The van der Waals surface area contributed by atoms with Gasteiger partial charge in [0.2, 0.25) is 5.91 Å². The smallest absolute Gasteiger partial charge is 0.226 e. The zero-order chi connectivity index (χ0) is 17.4. The fourth-order valence-corrected chi connectivity index (χ4v) is 2.13. The van der Waals surface area contributed by atoms with Gasteiger partial charge in [0.05, 0.1) is 23.4 Å². The predicted molar refractivity (Wildman–Crippen MR) is 95.1 cm³/mol. The predicted octanol–water partition coefficient (Wildman–Crippen LogP) is 3.79. The molecule has 2 N–H and O–H groups in total. The maximum atomic E-state index is 12.0. The molecule has 5 heteroatoms. The molecule has 0 unspecified atom stereocenters. The lowest BCUT2D eigenvalue weighted by molar-refractivity contribution is -0.115. The standard InChI is InChI=1S/C19H21N3O2/c1-14(2)24-18-6-4-3-5-17(18)21-12-11-19(23)22-16-9-7-15(13-20)8-10-16/h3-10,14,21H,11-12H2,1-2H3,(H,22,23). The highest BCUT2D eigenvalue weighted by molar-refractivity contribution is 5.91. The second kappa shape index (κ2) is 8.59. The van der Waals surface area contributed by atoms with Crippen molar-refractivity contribution in [2.24, 2.45) is 0 Å². The van der Waals surface area contributed by atoms with Gasteiger partial charge in [-0.25, -0.2) is 0 Å². The van der Waals surface area contributed by atoms with Crippen molar-refractivity contribution in [2.45, 2.75) is 26.4 Å². The number of para-hydroxylation sites is 2. The molecule has 2 rings (SSSR count). The normalized spacial score (nSPS) is 10.1. The highest BCUT2D eigenvalue weighted by atomic mass is 16.5. The van der Waals surface area contributed by atoms with Crippen LogP contribution in [0.25, 0.3) is 0 Å². The van der Waals surface area contributed by atoms with Gasteiger partial charge in [0.1, 0.15) is 5.75 Å². The second-order valence-corrected chi connectivity index (χ2v) is 5.58. The number of ether oxygens (including phenoxy) is 1. The molecule has 0 aliphatic heterocycles. The molecule has 0 saturated carbocycles. The molecule has 0 saturated heterocycles. The minimum atomic E-state index is -0.0885. The summed E-state index contributed by atoms with van der Waals surface area (Å²) in [7, 11) is 0. The Bertz CT molecular complexity index is 718. The van der Waals surface area contributed by atoms with Crippen LogP contribution in [0.15, 0.2) is 48.5 Å². The van der Waals surface area contributed by atoms with Gasteiger partial charge in [-0.1, -0.05) is 12.1 Å². The largest absolute Gasteiger partial charge is 0.489 e. The van der Waals surface area contributed by atoms with Crippen molar-refractivity contribution < 1.29 is 9.53 Å².